The van der Waals surface area contributed by atoms with Gasteiger partial charge in [0.1, 0.15) is 11.0 Å². The third kappa shape index (κ3) is 2.78. The van der Waals surface area contributed by atoms with Crippen LogP contribution in [0.4, 0.5) is 10.5 Å². The normalized spacial score (nSPS) is 24.0. The van der Waals surface area contributed by atoms with Crippen molar-refractivity contribution in [3.05, 3.63) is 65.7 Å². The minimum atomic E-state index is -0.797. The lowest BCUT2D eigenvalue weighted by atomic mass is 9.72. The molecule has 2 atom stereocenters. The molecule has 2 heterocycles. The van der Waals surface area contributed by atoms with Crippen LogP contribution in [-0.2, 0) is 14.9 Å². The van der Waals surface area contributed by atoms with E-state index in [1.54, 1.807) is 4.90 Å². The number of benzene rings is 2. The summed E-state index contributed by atoms with van der Waals surface area (Å²) >= 11 is 0. The number of para-hydroxylation sites is 1. The zero-order valence-electron chi connectivity index (χ0n) is 15.9. The Labute approximate surface area is 159 Å². The van der Waals surface area contributed by atoms with Gasteiger partial charge in [-0.05, 0) is 44.4 Å². The molecule has 5 heteroatoms. The maximum absolute atomic E-state index is 13.2. The molecule has 140 valence electrons. The number of ether oxygens (including phenoxy) is 1. The molecule has 5 nitrogen and oxygen atoms in total. The monoisotopic (exact) mass is 364 g/mol. The first-order valence-electron chi connectivity index (χ1n) is 9.28. The van der Waals surface area contributed by atoms with Crippen LogP contribution in [0.2, 0.25) is 0 Å². The second-order valence-electron chi connectivity index (χ2n) is 8.21. The third-order valence-corrected chi connectivity index (χ3v) is 5.33. The van der Waals surface area contributed by atoms with Crippen LogP contribution in [0.25, 0.3) is 0 Å². The molecule has 2 aliphatic heterocycles. The minimum absolute atomic E-state index is 0.0522. The van der Waals surface area contributed by atoms with Gasteiger partial charge in [-0.1, -0.05) is 48.5 Å². The van der Waals surface area contributed by atoms with Gasteiger partial charge in [-0.15, -0.1) is 0 Å². The highest BCUT2D eigenvalue weighted by atomic mass is 16.6. The lowest BCUT2D eigenvalue weighted by molar-refractivity contribution is -0.121. The van der Waals surface area contributed by atoms with E-state index < -0.39 is 17.1 Å². The highest BCUT2D eigenvalue weighted by molar-refractivity contribution is 6.07. The van der Waals surface area contributed by atoms with Gasteiger partial charge in [-0.3, -0.25) is 9.69 Å². The third-order valence-electron chi connectivity index (χ3n) is 5.33. The standard InChI is InChI=1S/C22H24N2O3/c1-21(2,3)27-20(26)24-14-13-22(18(24)15-9-5-4-6-10-15)16-11-7-8-12-17(16)23-19(22)25/h4-12,18H,13-14H2,1-3H3,(H,23,25)/t18-,22-/m0/s1. The quantitative estimate of drug-likeness (QED) is 0.823. The van der Waals surface area contributed by atoms with Gasteiger partial charge in [0.15, 0.2) is 0 Å². The lowest BCUT2D eigenvalue weighted by Gasteiger charge is -2.35. The van der Waals surface area contributed by atoms with Crippen molar-refractivity contribution < 1.29 is 14.3 Å². The summed E-state index contributed by atoms with van der Waals surface area (Å²) in [4.78, 5) is 27.9. The Balaban J connectivity index is 1.84. The topological polar surface area (TPSA) is 58.6 Å². The van der Waals surface area contributed by atoms with Crippen molar-refractivity contribution >= 4 is 17.7 Å². The van der Waals surface area contributed by atoms with Crippen molar-refractivity contribution in [2.24, 2.45) is 0 Å². The van der Waals surface area contributed by atoms with Crippen molar-refractivity contribution in [2.45, 2.75) is 44.2 Å². The summed E-state index contributed by atoms with van der Waals surface area (Å²) in [6, 6.07) is 17.1. The first-order valence-corrected chi connectivity index (χ1v) is 9.28. The van der Waals surface area contributed by atoms with Gasteiger partial charge in [0.25, 0.3) is 0 Å². The number of anilines is 1. The number of fused-ring (bicyclic) bond motifs is 2. The van der Waals surface area contributed by atoms with Gasteiger partial charge < -0.3 is 10.1 Å². The van der Waals surface area contributed by atoms with Gasteiger partial charge in [0.05, 0.1) is 6.04 Å². The molecular formula is C22H24N2O3. The van der Waals surface area contributed by atoms with Crippen LogP contribution in [0, 0.1) is 0 Å². The van der Waals surface area contributed by atoms with Crippen LogP contribution in [0.15, 0.2) is 54.6 Å². The second kappa shape index (κ2) is 6.12. The first kappa shape index (κ1) is 17.6. The number of carbonyl (C=O) groups is 2. The number of amides is 2. The fourth-order valence-electron chi connectivity index (χ4n) is 4.30. The molecule has 0 aromatic heterocycles. The number of hydrogen-bond donors (Lipinski definition) is 1. The Morgan fingerprint density at radius 3 is 2.48 bits per heavy atom. The second-order valence-corrected chi connectivity index (χ2v) is 8.21. The number of hydrogen-bond acceptors (Lipinski definition) is 3. The van der Waals surface area contributed by atoms with Gasteiger partial charge in [-0.2, -0.15) is 0 Å². The number of rotatable bonds is 1. The summed E-state index contributed by atoms with van der Waals surface area (Å²) in [7, 11) is 0. The van der Waals surface area contributed by atoms with Gasteiger partial charge in [0.2, 0.25) is 5.91 Å². The summed E-state index contributed by atoms with van der Waals surface area (Å²) in [5.41, 5.74) is 1.33. The molecule has 0 saturated carbocycles. The van der Waals surface area contributed by atoms with Crippen molar-refractivity contribution in [1.29, 1.82) is 0 Å². The molecule has 2 aromatic carbocycles. The Morgan fingerprint density at radius 1 is 1.11 bits per heavy atom. The Kier molecular flexibility index (Phi) is 3.98. The molecule has 4 rings (SSSR count). The maximum Gasteiger partial charge on any atom is 0.410 e. The van der Waals surface area contributed by atoms with E-state index in [2.05, 4.69) is 5.32 Å². The van der Waals surface area contributed by atoms with Crippen LogP contribution < -0.4 is 5.32 Å². The summed E-state index contributed by atoms with van der Waals surface area (Å²) in [6.07, 6.45) is 0.180. The number of carbonyl (C=O) groups excluding carboxylic acids is 2. The fraction of sp³-hybridized carbons (Fsp3) is 0.364. The Morgan fingerprint density at radius 2 is 1.78 bits per heavy atom. The van der Waals surface area contributed by atoms with E-state index in [9.17, 15) is 9.59 Å². The van der Waals surface area contributed by atoms with Crippen LogP contribution in [-0.4, -0.2) is 29.0 Å². The van der Waals surface area contributed by atoms with E-state index >= 15 is 0 Å². The van der Waals surface area contributed by atoms with Gasteiger partial charge in [-0.25, -0.2) is 4.79 Å². The number of likely N-dealkylation sites (tertiary alicyclic amines) is 1. The molecule has 1 spiro atoms. The van der Waals surface area contributed by atoms with Crippen LogP contribution >= 0.6 is 0 Å². The molecule has 1 fully saturated rings. The van der Waals surface area contributed by atoms with Crippen molar-refractivity contribution in [3.63, 3.8) is 0 Å². The van der Waals surface area contributed by atoms with Crippen molar-refractivity contribution in [1.82, 2.24) is 4.90 Å². The predicted molar refractivity (Wildman–Crippen MR) is 103 cm³/mol. The fourth-order valence-corrected chi connectivity index (χ4v) is 4.30. The lowest BCUT2D eigenvalue weighted by Crippen LogP contribution is -2.44. The van der Waals surface area contributed by atoms with E-state index in [4.69, 9.17) is 4.74 Å². The van der Waals surface area contributed by atoms with Crippen molar-refractivity contribution in [3.8, 4) is 0 Å². The molecule has 2 amide bonds. The predicted octanol–water partition coefficient (Wildman–Crippen LogP) is 4.26. The highest BCUT2D eigenvalue weighted by Crippen LogP contribution is 2.54. The first-order chi connectivity index (χ1) is 12.8. The molecule has 0 aliphatic carbocycles. The molecular weight excluding hydrogens is 340 g/mol. The van der Waals surface area contributed by atoms with E-state index in [0.717, 1.165) is 16.8 Å². The SMILES string of the molecule is CC(C)(C)OC(=O)N1CC[C@@]2(C(=O)Nc3ccccc32)[C@@H]1c1ccccc1. The zero-order chi connectivity index (χ0) is 19.2. The average molecular weight is 364 g/mol. The molecule has 0 unspecified atom stereocenters. The smallest absolute Gasteiger partial charge is 0.410 e. The van der Waals surface area contributed by atoms with E-state index in [1.165, 1.54) is 0 Å². The largest absolute Gasteiger partial charge is 0.444 e. The highest BCUT2D eigenvalue weighted by Gasteiger charge is 2.59. The van der Waals surface area contributed by atoms with E-state index in [1.807, 2.05) is 75.4 Å². The molecule has 1 N–H and O–H groups in total. The van der Waals surface area contributed by atoms with Gasteiger partial charge >= 0.3 is 6.09 Å². The van der Waals surface area contributed by atoms with Crippen LogP contribution in [0.3, 0.4) is 0 Å². The van der Waals surface area contributed by atoms with Crippen LogP contribution in [0.5, 0.6) is 0 Å². The average Bonchev–Trinajstić information content (AvgIpc) is 3.15. The molecule has 0 bridgehead atoms. The summed E-state index contributed by atoms with van der Waals surface area (Å²) in [5.74, 6) is -0.0522. The Hall–Kier alpha value is -2.82. The van der Waals surface area contributed by atoms with Crippen molar-refractivity contribution in [2.75, 3.05) is 11.9 Å². The van der Waals surface area contributed by atoms with E-state index in [-0.39, 0.29) is 12.0 Å². The molecule has 27 heavy (non-hydrogen) atoms. The summed E-state index contributed by atoms with van der Waals surface area (Å²) in [5, 5.41) is 3.02. The zero-order valence-corrected chi connectivity index (χ0v) is 15.9. The van der Waals surface area contributed by atoms with E-state index in [0.29, 0.717) is 13.0 Å². The molecule has 2 aliphatic rings. The number of nitrogens with zero attached hydrogens (tertiary/aromatic N) is 1. The summed E-state index contributed by atoms with van der Waals surface area (Å²) < 4.78 is 5.65. The molecule has 1 saturated heterocycles. The minimum Gasteiger partial charge on any atom is -0.444 e. The van der Waals surface area contributed by atoms with Gasteiger partial charge in [0, 0.05) is 12.2 Å². The van der Waals surface area contributed by atoms with Crippen LogP contribution in [0.1, 0.15) is 44.4 Å². The number of nitrogens with one attached hydrogen (secondary N) is 1. The maximum atomic E-state index is 13.2. The molecule has 2 aromatic rings. The molecule has 0 radical (unpaired) electrons. The summed E-state index contributed by atoms with van der Waals surface area (Å²) in [6.45, 7) is 6.03. The Bertz CT molecular complexity index is 888.